The molecule has 128 valence electrons. The highest BCUT2D eigenvalue weighted by atomic mass is 16.5. The SMILES string of the molecule is CC(C)N(C(=O)COc1cccc(Oc2ccccc2)c1)C(C)C. The highest BCUT2D eigenvalue weighted by Gasteiger charge is 2.20. The zero-order valence-electron chi connectivity index (χ0n) is 14.7. The summed E-state index contributed by atoms with van der Waals surface area (Å²) in [5, 5.41) is 0. The molecule has 2 rings (SSSR count). The molecule has 0 fully saturated rings. The Hall–Kier alpha value is -2.49. The predicted molar refractivity (Wildman–Crippen MR) is 95.6 cm³/mol. The van der Waals surface area contributed by atoms with E-state index in [0.29, 0.717) is 11.5 Å². The van der Waals surface area contributed by atoms with Gasteiger partial charge >= 0.3 is 0 Å². The van der Waals surface area contributed by atoms with Crippen molar-refractivity contribution in [2.75, 3.05) is 6.61 Å². The normalized spacial score (nSPS) is 10.8. The van der Waals surface area contributed by atoms with Crippen molar-refractivity contribution in [2.45, 2.75) is 39.8 Å². The van der Waals surface area contributed by atoms with Gasteiger partial charge in [0.2, 0.25) is 0 Å². The van der Waals surface area contributed by atoms with Crippen LogP contribution in [0.25, 0.3) is 0 Å². The fraction of sp³-hybridized carbons (Fsp3) is 0.350. The third-order valence-corrected chi connectivity index (χ3v) is 3.55. The maximum atomic E-state index is 12.3. The van der Waals surface area contributed by atoms with E-state index in [-0.39, 0.29) is 24.6 Å². The number of carbonyl (C=O) groups excluding carboxylic acids is 1. The number of hydrogen-bond acceptors (Lipinski definition) is 3. The first-order valence-electron chi connectivity index (χ1n) is 8.24. The van der Waals surface area contributed by atoms with Gasteiger partial charge < -0.3 is 14.4 Å². The molecule has 0 atom stereocenters. The van der Waals surface area contributed by atoms with Crippen LogP contribution >= 0.6 is 0 Å². The van der Waals surface area contributed by atoms with Crippen molar-refractivity contribution in [3.05, 3.63) is 54.6 Å². The zero-order valence-corrected chi connectivity index (χ0v) is 14.7. The topological polar surface area (TPSA) is 38.8 Å². The lowest BCUT2D eigenvalue weighted by molar-refractivity contribution is -0.136. The number of para-hydroxylation sites is 1. The number of hydrogen-bond donors (Lipinski definition) is 0. The summed E-state index contributed by atoms with van der Waals surface area (Å²) in [7, 11) is 0. The fourth-order valence-electron chi connectivity index (χ4n) is 2.64. The van der Waals surface area contributed by atoms with Gasteiger partial charge in [-0.25, -0.2) is 0 Å². The lowest BCUT2D eigenvalue weighted by atomic mass is 10.2. The number of ether oxygens (including phenoxy) is 2. The molecule has 0 saturated carbocycles. The Morgan fingerprint density at radius 1 is 0.875 bits per heavy atom. The van der Waals surface area contributed by atoms with E-state index in [1.165, 1.54) is 0 Å². The van der Waals surface area contributed by atoms with Gasteiger partial charge in [-0.3, -0.25) is 4.79 Å². The minimum Gasteiger partial charge on any atom is -0.484 e. The van der Waals surface area contributed by atoms with Crippen LogP contribution in [-0.2, 0) is 4.79 Å². The van der Waals surface area contributed by atoms with Gasteiger partial charge in [0.15, 0.2) is 6.61 Å². The lowest BCUT2D eigenvalue weighted by Gasteiger charge is -2.30. The van der Waals surface area contributed by atoms with Gasteiger partial charge in [0, 0.05) is 18.2 Å². The highest BCUT2D eigenvalue weighted by Crippen LogP contribution is 2.25. The minimum atomic E-state index is -0.0191. The first-order valence-corrected chi connectivity index (χ1v) is 8.24. The van der Waals surface area contributed by atoms with Crippen LogP contribution in [0.2, 0.25) is 0 Å². The van der Waals surface area contributed by atoms with Crippen LogP contribution < -0.4 is 9.47 Å². The Morgan fingerprint density at radius 3 is 2.08 bits per heavy atom. The van der Waals surface area contributed by atoms with E-state index in [1.54, 1.807) is 6.07 Å². The quantitative estimate of drug-likeness (QED) is 0.751. The van der Waals surface area contributed by atoms with Crippen molar-refractivity contribution in [1.82, 2.24) is 4.90 Å². The van der Waals surface area contributed by atoms with Gasteiger partial charge in [-0.1, -0.05) is 24.3 Å². The van der Waals surface area contributed by atoms with Gasteiger partial charge in [-0.15, -0.1) is 0 Å². The Labute approximate surface area is 144 Å². The van der Waals surface area contributed by atoms with Crippen molar-refractivity contribution in [3.63, 3.8) is 0 Å². The summed E-state index contributed by atoms with van der Waals surface area (Å²) in [5.41, 5.74) is 0. The highest BCUT2D eigenvalue weighted by molar-refractivity contribution is 5.78. The van der Waals surface area contributed by atoms with Crippen LogP contribution in [0.4, 0.5) is 0 Å². The summed E-state index contributed by atoms with van der Waals surface area (Å²) in [4.78, 5) is 14.2. The molecule has 4 nitrogen and oxygen atoms in total. The summed E-state index contributed by atoms with van der Waals surface area (Å²) in [6.45, 7) is 8.04. The largest absolute Gasteiger partial charge is 0.484 e. The van der Waals surface area contributed by atoms with Crippen LogP contribution in [0.15, 0.2) is 54.6 Å². The van der Waals surface area contributed by atoms with Crippen LogP contribution in [-0.4, -0.2) is 29.5 Å². The molecule has 0 unspecified atom stereocenters. The second-order valence-electron chi connectivity index (χ2n) is 6.17. The summed E-state index contributed by atoms with van der Waals surface area (Å²) < 4.78 is 11.4. The molecule has 24 heavy (non-hydrogen) atoms. The van der Waals surface area contributed by atoms with Crippen LogP contribution in [0, 0.1) is 0 Å². The van der Waals surface area contributed by atoms with Crippen molar-refractivity contribution in [1.29, 1.82) is 0 Å². The molecule has 2 aromatic carbocycles. The van der Waals surface area contributed by atoms with Crippen molar-refractivity contribution < 1.29 is 14.3 Å². The van der Waals surface area contributed by atoms with Gasteiger partial charge in [-0.2, -0.15) is 0 Å². The molecular weight excluding hydrogens is 302 g/mol. The summed E-state index contributed by atoms with van der Waals surface area (Å²) >= 11 is 0. The van der Waals surface area contributed by atoms with Crippen LogP contribution in [0.5, 0.6) is 17.2 Å². The van der Waals surface area contributed by atoms with Crippen molar-refractivity contribution >= 4 is 5.91 Å². The minimum absolute atomic E-state index is 0.0190. The molecule has 0 radical (unpaired) electrons. The molecule has 4 heteroatoms. The first-order chi connectivity index (χ1) is 11.5. The second-order valence-corrected chi connectivity index (χ2v) is 6.17. The van der Waals surface area contributed by atoms with E-state index >= 15 is 0 Å². The van der Waals surface area contributed by atoms with E-state index in [0.717, 1.165) is 5.75 Å². The standard InChI is InChI=1S/C20H25NO3/c1-15(2)21(16(3)4)20(22)14-23-18-11-8-12-19(13-18)24-17-9-6-5-7-10-17/h5-13,15-16H,14H2,1-4H3. The first kappa shape index (κ1) is 17.9. The number of amides is 1. The van der Waals surface area contributed by atoms with Gasteiger partial charge in [0.1, 0.15) is 17.2 Å². The Balaban J connectivity index is 1.98. The number of benzene rings is 2. The fourth-order valence-corrected chi connectivity index (χ4v) is 2.64. The second kappa shape index (κ2) is 8.39. The number of nitrogens with zero attached hydrogens (tertiary/aromatic N) is 1. The molecule has 0 heterocycles. The molecule has 0 bridgehead atoms. The van der Waals surface area contributed by atoms with Gasteiger partial charge in [0.05, 0.1) is 0 Å². The third kappa shape index (κ3) is 5.01. The predicted octanol–water partition coefficient (Wildman–Crippen LogP) is 4.50. The molecule has 0 aromatic heterocycles. The average molecular weight is 327 g/mol. The smallest absolute Gasteiger partial charge is 0.260 e. The van der Waals surface area contributed by atoms with Crippen molar-refractivity contribution in [3.8, 4) is 17.2 Å². The summed E-state index contributed by atoms with van der Waals surface area (Å²) in [6, 6.07) is 17.2. The average Bonchev–Trinajstić information content (AvgIpc) is 2.53. The van der Waals surface area contributed by atoms with E-state index in [4.69, 9.17) is 9.47 Å². The molecule has 0 aliphatic heterocycles. The third-order valence-electron chi connectivity index (χ3n) is 3.55. The van der Waals surface area contributed by atoms with E-state index in [2.05, 4.69) is 0 Å². The Morgan fingerprint density at radius 2 is 1.46 bits per heavy atom. The maximum Gasteiger partial charge on any atom is 0.260 e. The van der Waals surface area contributed by atoms with E-state index in [1.807, 2.05) is 81.1 Å². The molecule has 1 amide bonds. The number of carbonyl (C=O) groups is 1. The van der Waals surface area contributed by atoms with Gasteiger partial charge in [0.25, 0.3) is 5.91 Å². The van der Waals surface area contributed by atoms with Crippen molar-refractivity contribution in [2.24, 2.45) is 0 Å². The van der Waals surface area contributed by atoms with Crippen LogP contribution in [0.1, 0.15) is 27.7 Å². The molecule has 0 saturated heterocycles. The molecule has 0 aliphatic carbocycles. The zero-order chi connectivity index (χ0) is 17.5. The molecular formula is C20H25NO3. The van der Waals surface area contributed by atoms with E-state index < -0.39 is 0 Å². The number of rotatable bonds is 7. The monoisotopic (exact) mass is 327 g/mol. The summed E-state index contributed by atoms with van der Waals surface area (Å²) in [5.74, 6) is 2.03. The summed E-state index contributed by atoms with van der Waals surface area (Å²) in [6.07, 6.45) is 0. The molecule has 0 spiro atoms. The molecule has 0 N–H and O–H groups in total. The molecule has 0 aliphatic rings. The lowest BCUT2D eigenvalue weighted by Crippen LogP contribution is -2.44. The Bertz CT molecular complexity index is 645. The van der Waals surface area contributed by atoms with Gasteiger partial charge in [-0.05, 0) is 52.0 Å². The maximum absolute atomic E-state index is 12.3. The van der Waals surface area contributed by atoms with E-state index in [9.17, 15) is 4.79 Å². The Kier molecular flexibility index (Phi) is 6.24. The molecule has 2 aromatic rings. The van der Waals surface area contributed by atoms with Crippen LogP contribution in [0.3, 0.4) is 0 Å².